The maximum atomic E-state index is 12.0. The molecule has 1 amide bonds. The lowest BCUT2D eigenvalue weighted by Crippen LogP contribution is -2.30. The van der Waals surface area contributed by atoms with Gasteiger partial charge in [-0.15, -0.1) is 0 Å². The summed E-state index contributed by atoms with van der Waals surface area (Å²) in [4.78, 5) is 16.0. The molecule has 0 atom stereocenters. The Morgan fingerprint density at radius 1 is 1.26 bits per heavy atom. The number of piperidine rings is 1. The molecule has 1 saturated heterocycles. The second kappa shape index (κ2) is 8.70. The summed E-state index contributed by atoms with van der Waals surface area (Å²) >= 11 is 6.26. The fraction of sp³-hybridized carbons (Fsp3) is 0.632. The summed E-state index contributed by atoms with van der Waals surface area (Å²) in [5.74, 6) is 0.874. The van der Waals surface area contributed by atoms with Crippen LogP contribution in [0.3, 0.4) is 0 Å². The smallest absolute Gasteiger partial charge is 0.254 e. The number of halogens is 1. The molecular formula is C19H29ClN2O. The molecule has 0 spiro atoms. The van der Waals surface area contributed by atoms with E-state index in [1.54, 1.807) is 19.0 Å². The molecule has 0 N–H and O–H groups in total. The molecule has 0 unspecified atom stereocenters. The number of rotatable bonds is 6. The Balaban J connectivity index is 1.76. The molecule has 1 aromatic rings. The first-order valence-electron chi connectivity index (χ1n) is 8.66. The van der Waals surface area contributed by atoms with Gasteiger partial charge in [-0.1, -0.05) is 30.5 Å². The number of benzene rings is 1. The molecular weight excluding hydrogens is 308 g/mol. The second-order valence-electron chi connectivity index (χ2n) is 7.01. The van der Waals surface area contributed by atoms with E-state index in [9.17, 15) is 4.79 Å². The van der Waals surface area contributed by atoms with Crippen molar-refractivity contribution in [2.45, 2.75) is 38.5 Å². The molecule has 3 nitrogen and oxygen atoms in total. The summed E-state index contributed by atoms with van der Waals surface area (Å²) in [6.45, 7) is 2.50. The zero-order chi connectivity index (χ0) is 16.8. The molecule has 1 heterocycles. The minimum absolute atomic E-state index is 0.0381. The highest BCUT2D eigenvalue weighted by molar-refractivity contribution is 6.33. The number of hydrogen-bond acceptors (Lipinski definition) is 2. The van der Waals surface area contributed by atoms with Crippen LogP contribution in [-0.4, -0.2) is 49.9 Å². The van der Waals surface area contributed by atoms with Crippen molar-refractivity contribution in [3.8, 4) is 0 Å². The first-order chi connectivity index (χ1) is 11.0. The Morgan fingerprint density at radius 3 is 2.57 bits per heavy atom. The van der Waals surface area contributed by atoms with E-state index < -0.39 is 0 Å². The third-order valence-corrected chi connectivity index (χ3v) is 5.15. The number of aryl methyl sites for hydroxylation is 1. The van der Waals surface area contributed by atoms with Gasteiger partial charge in [-0.3, -0.25) is 4.79 Å². The first kappa shape index (κ1) is 18.3. The van der Waals surface area contributed by atoms with Crippen molar-refractivity contribution in [1.82, 2.24) is 9.80 Å². The number of likely N-dealkylation sites (tertiary alicyclic amines) is 1. The normalized spacial score (nSPS) is 16.5. The SMILES string of the molecule is CN1CCC(CCCCc2ccc(C(=O)N(C)C)c(Cl)c2)CC1. The average molecular weight is 337 g/mol. The molecule has 0 saturated carbocycles. The van der Waals surface area contributed by atoms with Gasteiger partial charge in [0.1, 0.15) is 0 Å². The van der Waals surface area contributed by atoms with Crippen molar-refractivity contribution >= 4 is 17.5 Å². The zero-order valence-corrected chi connectivity index (χ0v) is 15.4. The average Bonchev–Trinajstić information content (AvgIpc) is 2.52. The molecule has 4 heteroatoms. The Morgan fingerprint density at radius 2 is 1.96 bits per heavy atom. The van der Waals surface area contributed by atoms with Crippen molar-refractivity contribution in [2.24, 2.45) is 5.92 Å². The van der Waals surface area contributed by atoms with Crippen molar-refractivity contribution < 1.29 is 4.79 Å². The Hall–Kier alpha value is -1.06. The van der Waals surface area contributed by atoms with E-state index in [0.29, 0.717) is 10.6 Å². The molecule has 0 aromatic heterocycles. The van der Waals surface area contributed by atoms with Crippen LogP contribution in [0.25, 0.3) is 0 Å². The number of carbonyl (C=O) groups excluding carboxylic acids is 1. The van der Waals surface area contributed by atoms with Crippen LogP contribution in [0.4, 0.5) is 0 Å². The second-order valence-corrected chi connectivity index (χ2v) is 7.41. The summed E-state index contributed by atoms with van der Waals surface area (Å²) in [7, 11) is 5.70. The summed E-state index contributed by atoms with van der Waals surface area (Å²) in [6, 6.07) is 5.85. The molecule has 2 rings (SSSR count). The summed E-state index contributed by atoms with van der Waals surface area (Å²) in [5, 5.41) is 0.566. The van der Waals surface area contributed by atoms with Crippen molar-refractivity contribution in [3.63, 3.8) is 0 Å². The molecule has 1 fully saturated rings. The predicted molar refractivity (Wildman–Crippen MR) is 97.2 cm³/mol. The van der Waals surface area contributed by atoms with Gasteiger partial charge in [0.05, 0.1) is 10.6 Å². The highest BCUT2D eigenvalue weighted by Gasteiger charge is 2.16. The number of unbranched alkanes of at least 4 members (excludes halogenated alkanes) is 1. The molecule has 1 aliphatic heterocycles. The maximum Gasteiger partial charge on any atom is 0.254 e. The van der Waals surface area contributed by atoms with E-state index in [0.717, 1.165) is 12.3 Å². The van der Waals surface area contributed by atoms with Gasteiger partial charge >= 0.3 is 0 Å². The zero-order valence-electron chi connectivity index (χ0n) is 14.6. The molecule has 0 bridgehead atoms. The van der Waals surface area contributed by atoms with E-state index in [4.69, 9.17) is 11.6 Å². The third-order valence-electron chi connectivity index (χ3n) is 4.84. The molecule has 1 aliphatic rings. The van der Waals surface area contributed by atoms with E-state index in [1.165, 1.54) is 50.8 Å². The third kappa shape index (κ3) is 5.50. The lowest BCUT2D eigenvalue weighted by atomic mass is 9.91. The van der Waals surface area contributed by atoms with Crippen LogP contribution >= 0.6 is 11.6 Å². The maximum absolute atomic E-state index is 12.0. The Bertz CT molecular complexity index is 522. The fourth-order valence-corrected chi connectivity index (χ4v) is 3.53. The van der Waals surface area contributed by atoms with E-state index >= 15 is 0 Å². The summed E-state index contributed by atoms with van der Waals surface area (Å²) in [6.07, 6.45) is 7.57. The highest BCUT2D eigenvalue weighted by Crippen LogP contribution is 2.23. The standard InChI is InChI=1S/C19H29ClN2O/c1-21(2)19(23)17-9-8-16(14-18(17)20)7-5-4-6-15-10-12-22(3)13-11-15/h8-9,14-15H,4-7,10-13H2,1-3H3. The molecule has 128 valence electrons. The van der Waals surface area contributed by atoms with Crippen molar-refractivity contribution in [3.05, 3.63) is 34.3 Å². The Kier molecular flexibility index (Phi) is 6.91. The molecule has 1 aromatic carbocycles. The van der Waals surface area contributed by atoms with Crippen LogP contribution in [0, 0.1) is 5.92 Å². The largest absolute Gasteiger partial charge is 0.345 e. The minimum Gasteiger partial charge on any atom is -0.345 e. The van der Waals surface area contributed by atoms with E-state index in [1.807, 2.05) is 18.2 Å². The minimum atomic E-state index is -0.0381. The number of carbonyl (C=O) groups is 1. The summed E-state index contributed by atoms with van der Waals surface area (Å²) < 4.78 is 0. The number of nitrogens with zero attached hydrogens (tertiary/aromatic N) is 2. The lowest BCUT2D eigenvalue weighted by molar-refractivity contribution is 0.0828. The van der Waals surface area contributed by atoms with Crippen LogP contribution in [0.2, 0.25) is 5.02 Å². The number of amides is 1. The van der Waals surface area contributed by atoms with E-state index in [2.05, 4.69) is 11.9 Å². The predicted octanol–water partition coefficient (Wildman–Crippen LogP) is 4.10. The quantitative estimate of drug-likeness (QED) is 0.730. The lowest BCUT2D eigenvalue weighted by Gasteiger charge is -2.28. The van der Waals surface area contributed by atoms with Crippen molar-refractivity contribution in [1.29, 1.82) is 0 Å². The monoisotopic (exact) mass is 336 g/mol. The van der Waals surface area contributed by atoms with Gasteiger partial charge in [0.15, 0.2) is 0 Å². The molecule has 0 aliphatic carbocycles. The van der Waals surface area contributed by atoms with Crippen LogP contribution in [0.15, 0.2) is 18.2 Å². The van der Waals surface area contributed by atoms with Crippen LogP contribution in [0.1, 0.15) is 48.0 Å². The van der Waals surface area contributed by atoms with E-state index in [-0.39, 0.29) is 5.91 Å². The van der Waals surface area contributed by atoms with Gasteiger partial charge in [0.25, 0.3) is 5.91 Å². The van der Waals surface area contributed by atoms with Gasteiger partial charge in [0, 0.05) is 14.1 Å². The number of hydrogen-bond donors (Lipinski definition) is 0. The van der Waals surface area contributed by atoms with Gasteiger partial charge in [-0.05, 0) is 69.4 Å². The van der Waals surface area contributed by atoms with Crippen LogP contribution < -0.4 is 0 Å². The fourth-order valence-electron chi connectivity index (χ4n) is 3.24. The molecule has 23 heavy (non-hydrogen) atoms. The van der Waals surface area contributed by atoms with Crippen molar-refractivity contribution in [2.75, 3.05) is 34.2 Å². The Labute approximate surface area is 145 Å². The van der Waals surface area contributed by atoms with Gasteiger partial charge in [0.2, 0.25) is 0 Å². The van der Waals surface area contributed by atoms with Gasteiger partial charge < -0.3 is 9.80 Å². The highest BCUT2D eigenvalue weighted by atomic mass is 35.5. The first-order valence-corrected chi connectivity index (χ1v) is 9.04. The summed E-state index contributed by atoms with van der Waals surface area (Å²) in [5.41, 5.74) is 1.82. The van der Waals surface area contributed by atoms with Crippen LogP contribution in [0.5, 0.6) is 0 Å². The topological polar surface area (TPSA) is 23.6 Å². The van der Waals surface area contributed by atoms with Crippen LogP contribution in [-0.2, 0) is 6.42 Å². The van der Waals surface area contributed by atoms with Gasteiger partial charge in [-0.2, -0.15) is 0 Å². The molecule has 0 radical (unpaired) electrons. The van der Waals surface area contributed by atoms with Gasteiger partial charge in [-0.25, -0.2) is 0 Å².